The average Bonchev–Trinajstić information content (AvgIpc) is 2.33. The van der Waals surface area contributed by atoms with Crippen molar-refractivity contribution in [3.8, 4) is 0 Å². The molecule has 0 aromatic carbocycles. The number of aliphatic carboxylic acids is 1. The molecule has 2 atom stereocenters. The van der Waals surface area contributed by atoms with Gasteiger partial charge >= 0.3 is 18.0 Å². The van der Waals surface area contributed by atoms with Gasteiger partial charge in [0, 0.05) is 0 Å². The van der Waals surface area contributed by atoms with Gasteiger partial charge in [0.25, 0.3) is 0 Å². The monoisotopic (exact) mass is 276 g/mol. The number of rotatable bonds is 7. The Labute approximate surface area is 111 Å². The third kappa shape index (κ3) is 7.24. The fourth-order valence-corrected chi connectivity index (χ4v) is 1.31. The van der Waals surface area contributed by atoms with Crippen LogP contribution in [-0.2, 0) is 14.3 Å². The van der Waals surface area contributed by atoms with E-state index < -0.39 is 36.7 Å². The molecule has 0 saturated carbocycles. The second-order valence-electron chi connectivity index (χ2n) is 4.41. The summed E-state index contributed by atoms with van der Waals surface area (Å²) in [6.45, 7) is 3.31. The van der Waals surface area contributed by atoms with Crippen LogP contribution in [0.2, 0.25) is 0 Å². The normalized spacial score (nSPS) is 13.5. The Kier molecular flexibility index (Phi) is 7.50. The van der Waals surface area contributed by atoms with E-state index in [9.17, 15) is 14.4 Å². The molecule has 2 amide bonds. The van der Waals surface area contributed by atoms with E-state index in [-0.39, 0.29) is 5.92 Å². The average molecular weight is 276 g/mol. The van der Waals surface area contributed by atoms with Crippen molar-refractivity contribution in [2.75, 3.05) is 13.7 Å². The lowest BCUT2D eigenvalue weighted by Gasteiger charge is -2.18. The minimum Gasteiger partial charge on any atom is -0.479 e. The third-order valence-corrected chi connectivity index (χ3v) is 2.24. The van der Waals surface area contributed by atoms with Crippen LogP contribution in [0.5, 0.6) is 0 Å². The number of hydrogen-bond donors (Lipinski definition) is 4. The number of nitrogens with one attached hydrogen (secondary N) is 2. The van der Waals surface area contributed by atoms with Crippen LogP contribution < -0.4 is 10.6 Å². The van der Waals surface area contributed by atoms with E-state index in [4.69, 9.17) is 10.2 Å². The van der Waals surface area contributed by atoms with Crippen LogP contribution in [0.1, 0.15) is 20.3 Å². The molecule has 0 rings (SSSR count). The Bertz CT molecular complexity index is 331. The van der Waals surface area contributed by atoms with Crippen molar-refractivity contribution in [3.63, 3.8) is 0 Å². The molecule has 2 unspecified atom stereocenters. The van der Waals surface area contributed by atoms with E-state index >= 15 is 0 Å². The summed E-state index contributed by atoms with van der Waals surface area (Å²) < 4.78 is 4.55. The minimum absolute atomic E-state index is 0.161. The second kappa shape index (κ2) is 8.30. The summed E-state index contributed by atoms with van der Waals surface area (Å²) >= 11 is 0. The SMILES string of the molecule is COC(=O)C(CC(C)C)NC(=O)NCC(O)C(=O)O. The van der Waals surface area contributed by atoms with Crippen LogP contribution in [0.25, 0.3) is 0 Å². The van der Waals surface area contributed by atoms with Crippen molar-refractivity contribution in [1.29, 1.82) is 0 Å². The molecule has 0 aliphatic heterocycles. The van der Waals surface area contributed by atoms with Gasteiger partial charge in [-0.2, -0.15) is 0 Å². The van der Waals surface area contributed by atoms with Crippen molar-refractivity contribution in [3.05, 3.63) is 0 Å². The molecular formula is C11H20N2O6. The maximum Gasteiger partial charge on any atom is 0.334 e. The molecule has 0 radical (unpaired) electrons. The number of hydrogen-bond acceptors (Lipinski definition) is 5. The molecule has 110 valence electrons. The molecule has 0 heterocycles. The maximum atomic E-state index is 11.4. The lowest BCUT2D eigenvalue weighted by atomic mass is 10.0. The van der Waals surface area contributed by atoms with Crippen LogP contribution in [0, 0.1) is 5.92 Å². The molecule has 0 aliphatic rings. The highest BCUT2D eigenvalue weighted by molar-refractivity contribution is 5.83. The lowest BCUT2D eigenvalue weighted by Crippen LogP contribution is -2.49. The Morgan fingerprint density at radius 1 is 1.26 bits per heavy atom. The van der Waals surface area contributed by atoms with Gasteiger partial charge in [-0.1, -0.05) is 13.8 Å². The number of ether oxygens (including phenoxy) is 1. The van der Waals surface area contributed by atoms with Crippen LogP contribution in [0.4, 0.5) is 4.79 Å². The Morgan fingerprint density at radius 2 is 1.84 bits per heavy atom. The summed E-state index contributed by atoms with van der Waals surface area (Å²) in [6.07, 6.45) is -1.30. The molecule has 19 heavy (non-hydrogen) atoms. The number of carbonyl (C=O) groups excluding carboxylic acids is 2. The van der Waals surface area contributed by atoms with Crippen molar-refractivity contribution in [1.82, 2.24) is 10.6 Å². The van der Waals surface area contributed by atoms with Gasteiger partial charge in [-0.3, -0.25) is 0 Å². The van der Waals surface area contributed by atoms with Crippen molar-refractivity contribution >= 4 is 18.0 Å². The second-order valence-corrected chi connectivity index (χ2v) is 4.41. The minimum atomic E-state index is -1.69. The largest absolute Gasteiger partial charge is 0.479 e. The molecule has 0 saturated heterocycles. The van der Waals surface area contributed by atoms with Gasteiger partial charge in [0.05, 0.1) is 13.7 Å². The number of carbonyl (C=O) groups is 3. The number of aliphatic hydroxyl groups is 1. The fraction of sp³-hybridized carbons (Fsp3) is 0.727. The van der Waals surface area contributed by atoms with Gasteiger partial charge in [0.1, 0.15) is 6.04 Å². The fourth-order valence-electron chi connectivity index (χ4n) is 1.31. The summed E-state index contributed by atoms with van der Waals surface area (Å²) in [7, 11) is 1.21. The standard InChI is InChI=1S/C11H20N2O6/c1-6(2)4-7(10(17)19-3)13-11(18)12-5-8(14)9(15)16/h6-8,14H,4-5H2,1-3H3,(H,15,16)(H2,12,13,18). The van der Waals surface area contributed by atoms with E-state index in [1.165, 1.54) is 7.11 Å². The van der Waals surface area contributed by atoms with Crippen LogP contribution >= 0.6 is 0 Å². The number of methoxy groups -OCH3 is 1. The van der Waals surface area contributed by atoms with Crippen LogP contribution in [-0.4, -0.2) is 54.0 Å². The van der Waals surface area contributed by atoms with E-state index in [1.54, 1.807) is 0 Å². The molecule has 0 spiro atoms. The maximum absolute atomic E-state index is 11.4. The van der Waals surface area contributed by atoms with Gasteiger partial charge in [-0.15, -0.1) is 0 Å². The van der Waals surface area contributed by atoms with E-state index in [2.05, 4.69) is 15.4 Å². The number of aliphatic hydroxyl groups excluding tert-OH is 1. The van der Waals surface area contributed by atoms with Crippen molar-refractivity contribution in [2.24, 2.45) is 5.92 Å². The first-order valence-corrected chi connectivity index (χ1v) is 5.81. The van der Waals surface area contributed by atoms with Gasteiger partial charge in [0.15, 0.2) is 6.10 Å². The summed E-state index contributed by atoms with van der Waals surface area (Å²) in [5.74, 6) is -1.86. The van der Waals surface area contributed by atoms with Gasteiger partial charge in [0.2, 0.25) is 0 Å². The van der Waals surface area contributed by atoms with E-state index in [1.807, 2.05) is 13.8 Å². The quantitative estimate of drug-likeness (QED) is 0.456. The van der Waals surface area contributed by atoms with E-state index in [0.717, 1.165) is 0 Å². The Morgan fingerprint density at radius 3 is 2.26 bits per heavy atom. The molecule has 0 fully saturated rings. The van der Waals surface area contributed by atoms with Crippen LogP contribution in [0.15, 0.2) is 0 Å². The molecule has 0 aliphatic carbocycles. The summed E-state index contributed by atoms with van der Waals surface area (Å²) in [5.41, 5.74) is 0. The van der Waals surface area contributed by atoms with Gasteiger partial charge in [-0.25, -0.2) is 14.4 Å². The predicted molar refractivity (Wildman–Crippen MR) is 65.4 cm³/mol. The number of carboxylic acid groups (broad SMARTS) is 1. The first-order chi connectivity index (χ1) is 8.77. The molecule has 8 heteroatoms. The first-order valence-electron chi connectivity index (χ1n) is 5.81. The highest BCUT2D eigenvalue weighted by Crippen LogP contribution is 2.05. The smallest absolute Gasteiger partial charge is 0.334 e. The first kappa shape index (κ1) is 17.2. The number of carboxylic acids is 1. The molecule has 0 aromatic heterocycles. The zero-order valence-electron chi connectivity index (χ0n) is 11.2. The molecule has 0 aromatic rings. The van der Waals surface area contributed by atoms with Crippen molar-refractivity contribution < 1.29 is 29.3 Å². The molecule has 0 bridgehead atoms. The van der Waals surface area contributed by atoms with Crippen molar-refractivity contribution in [2.45, 2.75) is 32.4 Å². The van der Waals surface area contributed by atoms with Gasteiger partial charge < -0.3 is 25.6 Å². The molecular weight excluding hydrogens is 256 g/mol. The third-order valence-electron chi connectivity index (χ3n) is 2.24. The molecule has 4 N–H and O–H groups in total. The summed E-state index contributed by atoms with van der Waals surface area (Å²) in [4.78, 5) is 33.2. The lowest BCUT2D eigenvalue weighted by molar-refractivity contribution is -0.146. The zero-order chi connectivity index (χ0) is 15.0. The summed E-state index contributed by atoms with van der Waals surface area (Å²) in [6, 6.07) is -1.55. The van der Waals surface area contributed by atoms with Gasteiger partial charge in [-0.05, 0) is 12.3 Å². The molecule has 8 nitrogen and oxygen atoms in total. The Balaban J connectivity index is 4.31. The summed E-state index contributed by atoms with van der Waals surface area (Å²) in [5, 5.41) is 21.9. The Hall–Kier alpha value is -1.83. The highest BCUT2D eigenvalue weighted by atomic mass is 16.5. The topological polar surface area (TPSA) is 125 Å². The number of urea groups is 1. The number of esters is 1. The highest BCUT2D eigenvalue weighted by Gasteiger charge is 2.23. The number of amides is 2. The predicted octanol–water partition coefficient (Wildman–Crippen LogP) is -0.681. The zero-order valence-corrected chi connectivity index (χ0v) is 11.2. The van der Waals surface area contributed by atoms with Crippen LogP contribution in [0.3, 0.4) is 0 Å². The van der Waals surface area contributed by atoms with E-state index in [0.29, 0.717) is 6.42 Å².